The Morgan fingerprint density at radius 3 is 2.83 bits per heavy atom. The van der Waals surface area contributed by atoms with Gasteiger partial charge in [-0.2, -0.15) is 13.2 Å². The molecule has 2 amide bonds. The van der Waals surface area contributed by atoms with Crippen molar-refractivity contribution in [3.05, 3.63) is 59.2 Å². The number of anilines is 2. The average Bonchev–Trinajstić information content (AvgIpc) is 2.68. The van der Waals surface area contributed by atoms with Crippen molar-refractivity contribution >= 4 is 28.8 Å². The molecular formula is C21H17F3N2O4. The smallest absolute Gasteiger partial charge is 0.416 e. The fourth-order valence-electron chi connectivity index (χ4n) is 3.51. The fourth-order valence-corrected chi connectivity index (χ4v) is 3.51. The minimum absolute atomic E-state index is 0.0606. The Labute approximate surface area is 169 Å². The highest BCUT2D eigenvalue weighted by molar-refractivity contribution is 6.06. The highest BCUT2D eigenvalue weighted by Crippen LogP contribution is 2.38. The molecule has 0 aliphatic carbocycles. The van der Waals surface area contributed by atoms with Gasteiger partial charge in [-0.3, -0.25) is 9.59 Å². The summed E-state index contributed by atoms with van der Waals surface area (Å²) in [6, 6.07) is 8.15. The van der Waals surface area contributed by atoms with Crippen LogP contribution in [-0.2, 0) is 22.2 Å². The van der Waals surface area contributed by atoms with E-state index in [0.717, 1.165) is 12.1 Å². The molecule has 2 aromatic rings. The Kier molecular flexibility index (Phi) is 4.98. The van der Waals surface area contributed by atoms with Gasteiger partial charge in [0.05, 0.1) is 12.2 Å². The van der Waals surface area contributed by atoms with Crippen LogP contribution in [0.25, 0.3) is 5.57 Å². The molecule has 2 heterocycles. The van der Waals surface area contributed by atoms with Crippen LogP contribution in [0.15, 0.2) is 42.5 Å². The number of amides is 2. The largest absolute Gasteiger partial charge is 0.493 e. The van der Waals surface area contributed by atoms with Crippen LogP contribution >= 0.6 is 0 Å². The maximum Gasteiger partial charge on any atom is 0.416 e. The van der Waals surface area contributed by atoms with Gasteiger partial charge >= 0.3 is 6.18 Å². The number of rotatable bonds is 2. The lowest BCUT2D eigenvalue weighted by Crippen LogP contribution is -2.34. The van der Waals surface area contributed by atoms with Crippen molar-refractivity contribution in [2.24, 2.45) is 0 Å². The molecular weight excluding hydrogens is 401 g/mol. The minimum atomic E-state index is -4.48. The Morgan fingerprint density at radius 1 is 1.27 bits per heavy atom. The summed E-state index contributed by atoms with van der Waals surface area (Å²) < 4.78 is 44.1. The summed E-state index contributed by atoms with van der Waals surface area (Å²) in [6.07, 6.45) is -3.94. The molecule has 2 aliphatic rings. The Morgan fingerprint density at radius 2 is 2.07 bits per heavy atom. The predicted octanol–water partition coefficient (Wildman–Crippen LogP) is 3.37. The van der Waals surface area contributed by atoms with Gasteiger partial charge in [0.15, 0.2) is 0 Å². The molecule has 0 saturated carbocycles. The number of carbonyl (C=O) groups is 2. The van der Waals surface area contributed by atoms with E-state index in [1.807, 2.05) is 0 Å². The number of halogens is 3. The lowest BCUT2D eigenvalue weighted by atomic mass is 9.97. The summed E-state index contributed by atoms with van der Waals surface area (Å²) in [7, 11) is 0. The van der Waals surface area contributed by atoms with E-state index in [-0.39, 0.29) is 18.8 Å². The van der Waals surface area contributed by atoms with Crippen molar-refractivity contribution in [1.82, 2.24) is 0 Å². The second-order valence-corrected chi connectivity index (χ2v) is 7.01. The van der Waals surface area contributed by atoms with Crippen LogP contribution in [0.2, 0.25) is 0 Å². The van der Waals surface area contributed by atoms with Gasteiger partial charge in [0.1, 0.15) is 11.9 Å². The molecule has 0 aromatic heterocycles. The maximum atomic E-state index is 12.9. The number of ether oxygens (including phenoxy) is 1. The molecule has 0 fully saturated rings. The van der Waals surface area contributed by atoms with Crippen LogP contribution in [0.3, 0.4) is 0 Å². The van der Waals surface area contributed by atoms with Crippen LogP contribution in [0.5, 0.6) is 5.75 Å². The normalized spacial score (nSPS) is 19.4. The summed E-state index contributed by atoms with van der Waals surface area (Å²) >= 11 is 0. The summed E-state index contributed by atoms with van der Waals surface area (Å²) in [4.78, 5) is 24.2. The quantitative estimate of drug-likeness (QED) is 0.653. The minimum Gasteiger partial charge on any atom is -0.493 e. The number of benzene rings is 2. The third-order valence-corrected chi connectivity index (χ3v) is 4.98. The number of fused-ring (bicyclic) bond motifs is 2. The third-order valence-electron chi connectivity index (χ3n) is 4.98. The number of hydrogen-bond donors (Lipinski definition) is 3. The first-order valence-corrected chi connectivity index (χ1v) is 9.19. The van der Waals surface area contributed by atoms with E-state index in [4.69, 9.17) is 4.74 Å². The van der Waals surface area contributed by atoms with Crippen molar-refractivity contribution in [1.29, 1.82) is 0 Å². The molecule has 6 nitrogen and oxygen atoms in total. The standard InChI is InChI=1S/C21H17F3N2O4/c22-21(23,24)12-4-5-13-11(6-7-30-18(13)9-12)8-19(28)25-15-2-1-3-16-14(15)10-17(27)20(29)26-16/h1-5,8-9,17,27H,6-7,10H2,(H,25,28)(H,26,29)/b11-8+. The van der Waals surface area contributed by atoms with Crippen LogP contribution in [0.4, 0.5) is 24.5 Å². The number of carbonyl (C=O) groups excluding carboxylic acids is 2. The Bertz CT molecular complexity index is 1060. The van der Waals surface area contributed by atoms with E-state index in [0.29, 0.717) is 34.5 Å². The molecule has 2 aromatic carbocycles. The van der Waals surface area contributed by atoms with Crippen molar-refractivity contribution in [2.75, 3.05) is 17.2 Å². The zero-order valence-electron chi connectivity index (χ0n) is 15.5. The molecule has 2 aliphatic heterocycles. The summed E-state index contributed by atoms with van der Waals surface area (Å²) in [6.45, 7) is 0.159. The molecule has 0 saturated heterocycles. The molecule has 0 spiro atoms. The highest BCUT2D eigenvalue weighted by Gasteiger charge is 2.32. The van der Waals surface area contributed by atoms with Crippen molar-refractivity contribution in [3.63, 3.8) is 0 Å². The number of hydrogen-bond acceptors (Lipinski definition) is 4. The third kappa shape index (κ3) is 3.88. The maximum absolute atomic E-state index is 12.9. The first-order valence-electron chi connectivity index (χ1n) is 9.19. The van der Waals surface area contributed by atoms with Crippen LogP contribution in [0.1, 0.15) is 23.1 Å². The first-order chi connectivity index (χ1) is 14.2. The van der Waals surface area contributed by atoms with Gasteiger partial charge in [0, 0.05) is 41.4 Å². The summed E-state index contributed by atoms with van der Waals surface area (Å²) in [5, 5.41) is 15.1. The predicted molar refractivity (Wildman–Crippen MR) is 103 cm³/mol. The van der Waals surface area contributed by atoms with Crippen molar-refractivity contribution < 1.29 is 32.6 Å². The van der Waals surface area contributed by atoms with Gasteiger partial charge in [-0.15, -0.1) is 0 Å². The first kappa shape index (κ1) is 20.0. The molecule has 0 bridgehead atoms. The average molecular weight is 418 g/mol. The zero-order chi connectivity index (χ0) is 21.5. The number of alkyl halides is 3. The second-order valence-electron chi connectivity index (χ2n) is 7.01. The van der Waals surface area contributed by atoms with Gasteiger partial charge in [0.2, 0.25) is 5.91 Å². The molecule has 4 rings (SSSR count). The number of aliphatic hydroxyl groups is 1. The van der Waals surface area contributed by atoms with Gasteiger partial charge < -0.3 is 20.5 Å². The van der Waals surface area contributed by atoms with E-state index in [1.54, 1.807) is 18.2 Å². The second kappa shape index (κ2) is 7.49. The van der Waals surface area contributed by atoms with E-state index >= 15 is 0 Å². The molecule has 30 heavy (non-hydrogen) atoms. The van der Waals surface area contributed by atoms with Gasteiger partial charge in [0.25, 0.3) is 5.91 Å². The molecule has 0 radical (unpaired) electrons. The molecule has 1 atom stereocenters. The van der Waals surface area contributed by atoms with E-state index in [1.165, 1.54) is 12.1 Å². The van der Waals surface area contributed by atoms with Crippen LogP contribution < -0.4 is 15.4 Å². The fraction of sp³-hybridized carbons (Fsp3) is 0.238. The van der Waals surface area contributed by atoms with Gasteiger partial charge in [-0.25, -0.2) is 0 Å². The van der Waals surface area contributed by atoms with E-state index in [9.17, 15) is 27.9 Å². The Balaban J connectivity index is 1.59. The highest BCUT2D eigenvalue weighted by atomic mass is 19.4. The summed E-state index contributed by atoms with van der Waals surface area (Å²) in [5.74, 6) is -0.902. The lowest BCUT2D eigenvalue weighted by molar-refractivity contribution is -0.137. The van der Waals surface area contributed by atoms with Crippen LogP contribution in [0, 0.1) is 0 Å². The van der Waals surface area contributed by atoms with Crippen molar-refractivity contribution in [2.45, 2.75) is 25.1 Å². The number of nitrogens with one attached hydrogen (secondary N) is 2. The Hall–Kier alpha value is -3.33. The van der Waals surface area contributed by atoms with Gasteiger partial charge in [-0.1, -0.05) is 12.1 Å². The molecule has 9 heteroatoms. The van der Waals surface area contributed by atoms with Gasteiger partial charge in [-0.05, 0) is 29.8 Å². The molecule has 156 valence electrons. The van der Waals surface area contributed by atoms with Crippen molar-refractivity contribution in [3.8, 4) is 5.75 Å². The lowest BCUT2D eigenvalue weighted by Gasteiger charge is -2.24. The topological polar surface area (TPSA) is 87.7 Å². The molecule has 3 N–H and O–H groups in total. The zero-order valence-corrected chi connectivity index (χ0v) is 15.5. The van der Waals surface area contributed by atoms with E-state index < -0.39 is 29.7 Å². The van der Waals surface area contributed by atoms with Crippen LogP contribution in [-0.4, -0.2) is 29.6 Å². The molecule has 1 unspecified atom stereocenters. The SMILES string of the molecule is O=C(/C=C1\CCOc2cc(C(F)(F)F)ccc21)Nc1cccc2c1CC(O)C(=O)N2. The summed E-state index contributed by atoms with van der Waals surface area (Å²) in [5.41, 5.74) is 1.71. The van der Waals surface area contributed by atoms with E-state index in [2.05, 4.69) is 10.6 Å². The monoisotopic (exact) mass is 418 g/mol. The number of aliphatic hydroxyl groups excluding tert-OH is 1.